The van der Waals surface area contributed by atoms with Crippen molar-refractivity contribution in [1.82, 2.24) is 25.2 Å². The summed E-state index contributed by atoms with van der Waals surface area (Å²) >= 11 is 0. The highest BCUT2D eigenvalue weighted by atomic mass is 15.2. The Labute approximate surface area is 201 Å². The Hall–Kier alpha value is -3.41. The minimum atomic E-state index is 0.324. The molecule has 1 atom stereocenters. The van der Waals surface area contributed by atoms with Crippen molar-refractivity contribution >= 4 is 0 Å². The second-order valence-electron chi connectivity index (χ2n) is 8.96. The zero-order valence-corrected chi connectivity index (χ0v) is 19.5. The molecule has 3 heterocycles. The molecular weight excluding hydrogens is 418 g/mol. The summed E-state index contributed by atoms with van der Waals surface area (Å²) in [6.07, 6.45) is 11.1. The first-order valence-corrected chi connectivity index (χ1v) is 12.1. The normalized spacial score (nSPS) is 15.3. The lowest BCUT2D eigenvalue weighted by Gasteiger charge is -2.35. The molecule has 34 heavy (non-hydrogen) atoms. The predicted molar refractivity (Wildman–Crippen MR) is 135 cm³/mol. The number of benzene rings is 1. The van der Waals surface area contributed by atoms with E-state index in [0.717, 1.165) is 44.7 Å². The lowest BCUT2D eigenvalue weighted by atomic mass is 9.90. The van der Waals surface area contributed by atoms with Crippen LogP contribution < -0.4 is 5.32 Å². The van der Waals surface area contributed by atoms with Crippen molar-refractivity contribution in [1.29, 1.82) is 0 Å². The van der Waals surface area contributed by atoms with Gasteiger partial charge in [-0.2, -0.15) is 0 Å². The molecule has 5 rings (SSSR count). The Morgan fingerprint density at radius 3 is 2.41 bits per heavy atom. The lowest BCUT2D eigenvalue weighted by molar-refractivity contribution is 0.157. The number of nitrogens with one attached hydrogen (secondary N) is 1. The Balaban J connectivity index is 1.28. The van der Waals surface area contributed by atoms with E-state index >= 15 is 0 Å². The summed E-state index contributed by atoms with van der Waals surface area (Å²) in [6.45, 7) is 3.35. The lowest BCUT2D eigenvalue weighted by Crippen LogP contribution is -2.31. The Morgan fingerprint density at radius 2 is 1.59 bits per heavy atom. The van der Waals surface area contributed by atoms with Crippen LogP contribution in [0.4, 0.5) is 0 Å². The summed E-state index contributed by atoms with van der Waals surface area (Å²) in [7, 11) is 0. The summed E-state index contributed by atoms with van der Waals surface area (Å²) in [5, 5.41) is 3.49. The summed E-state index contributed by atoms with van der Waals surface area (Å²) in [5.74, 6) is 0. The molecule has 1 aliphatic carbocycles. The number of aromatic nitrogens is 3. The van der Waals surface area contributed by atoms with E-state index in [2.05, 4.69) is 62.6 Å². The van der Waals surface area contributed by atoms with Gasteiger partial charge < -0.3 is 5.32 Å². The molecule has 1 aromatic carbocycles. The van der Waals surface area contributed by atoms with Crippen LogP contribution in [0.25, 0.3) is 0 Å². The van der Waals surface area contributed by atoms with Crippen molar-refractivity contribution in [3.63, 3.8) is 0 Å². The van der Waals surface area contributed by atoms with E-state index in [1.54, 1.807) is 0 Å². The van der Waals surface area contributed by atoms with Gasteiger partial charge >= 0.3 is 0 Å². The molecule has 3 aromatic heterocycles. The topological polar surface area (TPSA) is 53.9 Å². The average Bonchev–Trinajstić information content (AvgIpc) is 2.90. The third kappa shape index (κ3) is 5.74. The minimum absolute atomic E-state index is 0.324. The molecule has 0 spiro atoms. The maximum Gasteiger partial charge on any atom is 0.0607 e. The van der Waals surface area contributed by atoms with E-state index in [9.17, 15) is 0 Å². The summed E-state index contributed by atoms with van der Waals surface area (Å²) in [4.78, 5) is 16.1. The number of aryl methyl sites for hydroxylation is 1. The number of fused-ring (bicyclic) bond motifs is 1. The van der Waals surface area contributed by atoms with Crippen LogP contribution in [0.2, 0.25) is 0 Å². The van der Waals surface area contributed by atoms with Crippen molar-refractivity contribution in [3.05, 3.63) is 125 Å². The summed E-state index contributed by atoms with van der Waals surface area (Å²) in [5.41, 5.74) is 7.54. The number of nitrogens with zero attached hydrogens (tertiary/aromatic N) is 4. The van der Waals surface area contributed by atoms with Crippen LogP contribution in [0.15, 0.2) is 91.5 Å². The van der Waals surface area contributed by atoms with E-state index in [1.165, 1.54) is 34.4 Å². The van der Waals surface area contributed by atoms with Crippen molar-refractivity contribution < 1.29 is 0 Å². The van der Waals surface area contributed by atoms with Crippen molar-refractivity contribution in [2.24, 2.45) is 0 Å². The van der Waals surface area contributed by atoms with Gasteiger partial charge in [-0.15, -0.1) is 0 Å². The smallest absolute Gasteiger partial charge is 0.0607 e. The van der Waals surface area contributed by atoms with E-state index in [-0.39, 0.29) is 0 Å². The fourth-order valence-corrected chi connectivity index (χ4v) is 4.78. The maximum absolute atomic E-state index is 4.81. The average molecular weight is 450 g/mol. The van der Waals surface area contributed by atoms with E-state index in [0.29, 0.717) is 6.04 Å². The third-order valence-electron chi connectivity index (χ3n) is 6.48. The molecule has 1 aliphatic rings. The van der Waals surface area contributed by atoms with Gasteiger partial charge in [0.05, 0.1) is 17.4 Å². The molecule has 1 N–H and O–H groups in total. The van der Waals surface area contributed by atoms with Gasteiger partial charge in [-0.1, -0.05) is 42.5 Å². The third-order valence-corrected chi connectivity index (χ3v) is 6.48. The van der Waals surface area contributed by atoms with Crippen molar-refractivity contribution in [2.75, 3.05) is 0 Å². The fraction of sp³-hybridized carbons (Fsp3) is 0.276. The van der Waals surface area contributed by atoms with Crippen LogP contribution in [0.3, 0.4) is 0 Å². The van der Waals surface area contributed by atoms with Gasteiger partial charge in [-0.05, 0) is 65.8 Å². The van der Waals surface area contributed by atoms with E-state index < -0.39 is 0 Å². The fourth-order valence-electron chi connectivity index (χ4n) is 4.78. The SMILES string of the molecule is c1ccc(CNCc2ccc(CN(Cc3cccnc3)C3CCCc4cccnc43)cc2)nc1. The second-order valence-corrected chi connectivity index (χ2v) is 8.96. The number of hydrogen-bond acceptors (Lipinski definition) is 5. The van der Waals surface area contributed by atoms with E-state index in [1.807, 2.05) is 49.1 Å². The maximum atomic E-state index is 4.81. The Morgan fingerprint density at radius 1 is 0.765 bits per heavy atom. The molecule has 0 aliphatic heterocycles. The zero-order valence-electron chi connectivity index (χ0n) is 19.5. The number of pyridine rings is 3. The van der Waals surface area contributed by atoms with Crippen LogP contribution in [0.1, 0.15) is 52.5 Å². The number of hydrogen-bond donors (Lipinski definition) is 1. The highest BCUT2D eigenvalue weighted by Crippen LogP contribution is 2.34. The van der Waals surface area contributed by atoms with Gasteiger partial charge in [0.25, 0.3) is 0 Å². The zero-order chi connectivity index (χ0) is 23.0. The minimum Gasteiger partial charge on any atom is -0.307 e. The number of rotatable bonds is 9. The molecule has 5 nitrogen and oxygen atoms in total. The molecule has 172 valence electrons. The first-order chi connectivity index (χ1) is 16.8. The molecule has 0 bridgehead atoms. The predicted octanol–water partition coefficient (Wildman–Crippen LogP) is 5.24. The Bertz CT molecular complexity index is 1160. The van der Waals surface area contributed by atoms with Crippen LogP contribution in [0, 0.1) is 0 Å². The van der Waals surface area contributed by atoms with Crippen LogP contribution in [-0.4, -0.2) is 19.9 Å². The van der Waals surface area contributed by atoms with Crippen LogP contribution in [0.5, 0.6) is 0 Å². The largest absolute Gasteiger partial charge is 0.307 e. The van der Waals surface area contributed by atoms with Crippen LogP contribution in [-0.2, 0) is 32.6 Å². The Kier molecular flexibility index (Phi) is 7.34. The first-order valence-electron chi connectivity index (χ1n) is 12.1. The second kappa shape index (κ2) is 11.1. The van der Waals surface area contributed by atoms with Crippen LogP contribution >= 0.6 is 0 Å². The van der Waals surface area contributed by atoms with Crippen molar-refractivity contribution in [3.8, 4) is 0 Å². The molecule has 0 fully saturated rings. The van der Waals surface area contributed by atoms with Gasteiger partial charge in [0.15, 0.2) is 0 Å². The van der Waals surface area contributed by atoms with Crippen molar-refractivity contribution in [2.45, 2.75) is 51.5 Å². The highest BCUT2D eigenvalue weighted by molar-refractivity contribution is 5.27. The molecule has 0 saturated carbocycles. The standard InChI is InChI=1S/C29H31N5/c1-2-16-32-27(9-1)20-31-18-23-11-13-24(14-12-23)21-34(22-25-6-4-15-30-19-25)28-10-3-7-26-8-5-17-33-29(26)28/h1-2,4-6,8-9,11-17,19,28,31H,3,7,10,18,20-22H2. The van der Waals surface area contributed by atoms with Gasteiger partial charge in [-0.3, -0.25) is 19.9 Å². The summed E-state index contributed by atoms with van der Waals surface area (Å²) in [6, 6.07) is 23.8. The first kappa shape index (κ1) is 22.4. The van der Waals surface area contributed by atoms with Gasteiger partial charge in [0.1, 0.15) is 0 Å². The quantitative estimate of drug-likeness (QED) is 0.379. The highest BCUT2D eigenvalue weighted by Gasteiger charge is 2.27. The molecular formula is C29H31N5. The molecule has 1 unspecified atom stereocenters. The monoisotopic (exact) mass is 449 g/mol. The molecule has 5 heteroatoms. The molecule has 0 radical (unpaired) electrons. The molecule has 0 saturated heterocycles. The van der Waals surface area contributed by atoms with Gasteiger partial charge in [-0.25, -0.2) is 0 Å². The van der Waals surface area contributed by atoms with Gasteiger partial charge in [0, 0.05) is 51.0 Å². The summed E-state index contributed by atoms with van der Waals surface area (Å²) < 4.78 is 0. The molecule has 0 amide bonds. The molecule has 4 aromatic rings. The van der Waals surface area contributed by atoms with Gasteiger partial charge in [0.2, 0.25) is 0 Å². The van der Waals surface area contributed by atoms with E-state index in [4.69, 9.17) is 4.98 Å².